The Kier molecular flexibility index (Phi) is 3.47. The van der Waals surface area contributed by atoms with Gasteiger partial charge in [0, 0.05) is 12.3 Å². The fraction of sp³-hybridized carbons (Fsp3) is 0.750. The Morgan fingerprint density at radius 2 is 2.25 bits per heavy atom. The molecular formula is C8H15N3S. The van der Waals surface area contributed by atoms with Crippen LogP contribution in [-0.4, -0.2) is 17.4 Å². The van der Waals surface area contributed by atoms with E-state index in [0.717, 1.165) is 12.3 Å². The predicted octanol–water partition coefficient (Wildman–Crippen LogP) is 1.26. The predicted molar refractivity (Wildman–Crippen MR) is 55.2 cm³/mol. The average Bonchev–Trinajstić information content (AvgIpc) is 2.83. The molecule has 0 unspecified atom stereocenters. The molecule has 0 bridgehead atoms. The zero-order valence-electron chi connectivity index (χ0n) is 7.55. The van der Waals surface area contributed by atoms with Crippen molar-refractivity contribution in [3.05, 3.63) is 0 Å². The van der Waals surface area contributed by atoms with E-state index in [4.69, 9.17) is 12.2 Å². The monoisotopic (exact) mass is 185 g/mol. The molecule has 1 saturated carbocycles. The van der Waals surface area contributed by atoms with Crippen molar-refractivity contribution in [2.75, 3.05) is 6.54 Å². The van der Waals surface area contributed by atoms with Crippen molar-refractivity contribution >= 4 is 23.0 Å². The summed E-state index contributed by atoms with van der Waals surface area (Å²) in [6.07, 6.45) is 2.57. The lowest BCUT2D eigenvalue weighted by Crippen LogP contribution is -2.32. The van der Waals surface area contributed by atoms with E-state index < -0.39 is 0 Å². The van der Waals surface area contributed by atoms with Gasteiger partial charge in [-0.1, -0.05) is 0 Å². The Morgan fingerprint density at radius 3 is 2.75 bits per heavy atom. The van der Waals surface area contributed by atoms with Gasteiger partial charge in [-0.05, 0) is 44.8 Å². The summed E-state index contributed by atoms with van der Waals surface area (Å²) in [5, 5.41) is 7.75. The summed E-state index contributed by atoms with van der Waals surface area (Å²) in [6.45, 7) is 4.88. The molecule has 0 aromatic carbocycles. The van der Waals surface area contributed by atoms with E-state index in [1.54, 1.807) is 0 Å². The summed E-state index contributed by atoms with van der Waals surface area (Å²) in [5.41, 5.74) is 3.98. The highest BCUT2D eigenvalue weighted by Crippen LogP contribution is 2.29. The molecule has 0 heterocycles. The summed E-state index contributed by atoms with van der Waals surface area (Å²) < 4.78 is 0. The van der Waals surface area contributed by atoms with Crippen LogP contribution >= 0.6 is 12.2 Å². The minimum atomic E-state index is 0.609. The van der Waals surface area contributed by atoms with Crippen LogP contribution in [0.5, 0.6) is 0 Å². The molecule has 12 heavy (non-hydrogen) atoms. The first-order valence-electron chi connectivity index (χ1n) is 4.32. The number of nitrogens with zero attached hydrogens (tertiary/aromatic N) is 1. The first-order chi connectivity index (χ1) is 5.74. The molecule has 1 aliphatic carbocycles. The van der Waals surface area contributed by atoms with Gasteiger partial charge in [-0.25, -0.2) is 0 Å². The molecule has 0 saturated heterocycles. The van der Waals surface area contributed by atoms with Gasteiger partial charge in [0.05, 0.1) is 0 Å². The maximum Gasteiger partial charge on any atom is 0.186 e. The van der Waals surface area contributed by atoms with Crippen molar-refractivity contribution in [2.45, 2.75) is 26.7 Å². The number of rotatable bonds is 3. The van der Waals surface area contributed by atoms with Gasteiger partial charge in [-0.3, -0.25) is 5.43 Å². The zero-order valence-corrected chi connectivity index (χ0v) is 8.37. The highest BCUT2D eigenvalue weighted by atomic mass is 32.1. The molecule has 68 valence electrons. The standard InChI is InChI=1S/C8H15N3S/c1-3-9-8(12)11-10-6(2)7-4-5-7/h7H,3-5H2,1-2H3,(H2,9,11,12)/b10-6+. The lowest BCUT2D eigenvalue weighted by Gasteiger charge is -2.04. The van der Waals surface area contributed by atoms with Crippen molar-refractivity contribution in [3.63, 3.8) is 0 Å². The van der Waals surface area contributed by atoms with Gasteiger partial charge in [0.15, 0.2) is 5.11 Å². The van der Waals surface area contributed by atoms with Crippen LogP contribution in [0.3, 0.4) is 0 Å². The first kappa shape index (κ1) is 9.45. The molecule has 4 heteroatoms. The third-order valence-corrected chi connectivity index (χ3v) is 2.07. The first-order valence-corrected chi connectivity index (χ1v) is 4.73. The Morgan fingerprint density at radius 1 is 1.58 bits per heavy atom. The summed E-state index contributed by atoms with van der Waals surface area (Å²) in [4.78, 5) is 0. The van der Waals surface area contributed by atoms with Gasteiger partial charge in [-0.2, -0.15) is 5.10 Å². The zero-order chi connectivity index (χ0) is 8.97. The highest BCUT2D eigenvalue weighted by molar-refractivity contribution is 7.80. The summed E-state index contributed by atoms with van der Waals surface area (Å²) in [5.74, 6) is 0.710. The van der Waals surface area contributed by atoms with Gasteiger partial charge in [-0.15, -0.1) is 0 Å². The van der Waals surface area contributed by atoms with E-state index in [1.807, 2.05) is 13.8 Å². The van der Waals surface area contributed by atoms with E-state index in [9.17, 15) is 0 Å². The van der Waals surface area contributed by atoms with Gasteiger partial charge >= 0.3 is 0 Å². The summed E-state index contributed by atoms with van der Waals surface area (Å²) in [7, 11) is 0. The quantitative estimate of drug-likeness (QED) is 0.395. The van der Waals surface area contributed by atoms with Crippen LogP contribution < -0.4 is 10.7 Å². The van der Waals surface area contributed by atoms with Crippen LogP contribution in [0, 0.1) is 5.92 Å². The maximum absolute atomic E-state index is 4.95. The largest absolute Gasteiger partial charge is 0.362 e. The van der Waals surface area contributed by atoms with Gasteiger partial charge in [0.1, 0.15) is 0 Å². The Bertz CT molecular complexity index is 196. The smallest absolute Gasteiger partial charge is 0.186 e. The van der Waals surface area contributed by atoms with Crippen LogP contribution in [0.25, 0.3) is 0 Å². The van der Waals surface area contributed by atoms with Crippen molar-refractivity contribution < 1.29 is 0 Å². The Balaban J connectivity index is 2.21. The SMILES string of the molecule is CCNC(=S)N/N=C(\C)C1CC1. The second-order valence-electron chi connectivity index (χ2n) is 3.00. The van der Waals surface area contributed by atoms with E-state index >= 15 is 0 Å². The summed E-state index contributed by atoms with van der Waals surface area (Å²) in [6, 6.07) is 0. The van der Waals surface area contributed by atoms with Gasteiger partial charge in [0.25, 0.3) is 0 Å². The fourth-order valence-electron chi connectivity index (χ4n) is 0.931. The minimum Gasteiger partial charge on any atom is -0.362 e. The molecule has 1 rings (SSSR count). The lowest BCUT2D eigenvalue weighted by molar-refractivity contribution is 0.893. The van der Waals surface area contributed by atoms with E-state index in [0.29, 0.717) is 11.0 Å². The maximum atomic E-state index is 4.95. The van der Waals surface area contributed by atoms with Crippen molar-refractivity contribution in [2.24, 2.45) is 11.0 Å². The molecule has 0 spiro atoms. The molecule has 2 N–H and O–H groups in total. The second kappa shape index (κ2) is 4.40. The van der Waals surface area contributed by atoms with Crippen LogP contribution in [0.15, 0.2) is 5.10 Å². The second-order valence-corrected chi connectivity index (χ2v) is 3.41. The third-order valence-electron chi connectivity index (χ3n) is 1.84. The topological polar surface area (TPSA) is 36.4 Å². The van der Waals surface area contributed by atoms with Crippen molar-refractivity contribution in [1.29, 1.82) is 0 Å². The van der Waals surface area contributed by atoms with Crippen molar-refractivity contribution in [1.82, 2.24) is 10.7 Å². The van der Waals surface area contributed by atoms with E-state index in [-0.39, 0.29) is 0 Å². The molecule has 3 nitrogen and oxygen atoms in total. The summed E-state index contributed by atoms with van der Waals surface area (Å²) >= 11 is 4.95. The van der Waals surface area contributed by atoms with Crippen LogP contribution in [0.2, 0.25) is 0 Å². The Hall–Kier alpha value is -0.640. The van der Waals surface area contributed by atoms with Crippen LogP contribution in [0.1, 0.15) is 26.7 Å². The van der Waals surface area contributed by atoms with Crippen LogP contribution in [-0.2, 0) is 0 Å². The molecule has 0 aromatic rings. The lowest BCUT2D eigenvalue weighted by atomic mass is 10.3. The third kappa shape index (κ3) is 3.17. The molecule has 0 amide bonds. The molecule has 0 radical (unpaired) electrons. The number of thiocarbonyl (C=S) groups is 1. The van der Waals surface area contributed by atoms with E-state index in [2.05, 4.69) is 15.8 Å². The molecule has 0 atom stereocenters. The molecule has 1 fully saturated rings. The number of hydrogen-bond donors (Lipinski definition) is 2. The van der Waals surface area contributed by atoms with Crippen LogP contribution in [0.4, 0.5) is 0 Å². The van der Waals surface area contributed by atoms with Gasteiger partial charge in [0.2, 0.25) is 0 Å². The minimum absolute atomic E-state index is 0.609. The molecule has 1 aliphatic rings. The van der Waals surface area contributed by atoms with Crippen molar-refractivity contribution in [3.8, 4) is 0 Å². The fourth-order valence-corrected chi connectivity index (χ4v) is 1.12. The normalized spacial score (nSPS) is 17.3. The van der Waals surface area contributed by atoms with E-state index in [1.165, 1.54) is 12.8 Å². The molecule has 0 aliphatic heterocycles. The number of hydrogen-bond acceptors (Lipinski definition) is 2. The highest BCUT2D eigenvalue weighted by Gasteiger charge is 2.24. The number of nitrogens with one attached hydrogen (secondary N) is 2. The average molecular weight is 185 g/mol. The molecular weight excluding hydrogens is 170 g/mol. The molecule has 0 aromatic heterocycles. The number of hydrazone groups is 1. The van der Waals surface area contributed by atoms with Gasteiger partial charge < -0.3 is 5.32 Å². The Labute approximate surface area is 78.6 Å².